The van der Waals surface area contributed by atoms with Crippen molar-refractivity contribution in [3.63, 3.8) is 0 Å². The van der Waals surface area contributed by atoms with Gasteiger partial charge in [0, 0.05) is 36.0 Å². The fourth-order valence-corrected chi connectivity index (χ4v) is 2.56. The molecule has 1 aromatic carbocycles. The summed E-state index contributed by atoms with van der Waals surface area (Å²) in [6.07, 6.45) is 0. The Labute approximate surface area is 93.9 Å². The van der Waals surface area contributed by atoms with E-state index in [2.05, 4.69) is 11.0 Å². The van der Waals surface area contributed by atoms with Crippen LogP contribution in [0.3, 0.4) is 0 Å². The maximum atomic E-state index is 8.89. The first-order chi connectivity index (χ1) is 7.31. The van der Waals surface area contributed by atoms with Crippen LogP contribution in [0.2, 0.25) is 0 Å². The second-order valence-corrected chi connectivity index (χ2v) is 4.71. The van der Waals surface area contributed by atoms with Gasteiger partial charge in [0.1, 0.15) is 6.07 Å². The van der Waals surface area contributed by atoms with Gasteiger partial charge in [0.05, 0.1) is 5.56 Å². The molecule has 0 spiro atoms. The van der Waals surface area contributed by atoms with Gasteiger partial charge in [0.25, 0.3) is 0 Å². The number of hydrogen-bond acceptors (Lipinski definition) is 4. The molecule has 1 aliphatic heterocycles. The summed E-state index contributed by atoms with van der Waals surface area (Å²) in [6, 6.07) is 7.81. The molecule has 0 unspecified atom stereocenters. The predicted molar refractivity (Wildman–Crippen MR) is 65.1 cm³/mol. The maximum Gasteiger partial charge on any atom is 0.101 e. The van der Waals surface area contributed by atoms with Crippen molar-refractivity contribution in [2.24, 2.45) is 0 Å². The van der Waals surface area contributed by atoms with Crippen molar-refractivity contribution in [1.29, 1.82) is 5.26 Å². The Hall–Kier alpha value is -1.34. The van der Waals surface area contributed by atoms with Crippen LogP contribution in [-0.2, 0) is 0 Å². The first-order valence-electron chi connectivity index (χ1n) is 4.93. The third-order valence-corrected chi connectivity index (χ3v) is 3.48. The van der Waals surface area contributed by atoms with Crippen LogP contribution in [0.25, 0.3) is 0 Å². The molecule has 2 rings (SSSR count). The van der Waals surface area contributed by atoms with E-state index in [0.29, 0.717) is 11.3 Å². The molecule has 0 aromatic heterocycles. The largest absolute Gasteiger partial charge is 0.398 e. The molecule has 78 valence electrons. The Bertz CT molecular complexity index is 391. The minimum absolute atomic E-state index is 0.563. The van der Waals surface area contributed by atoms with Gasteiger partial charge < -0.3 is 10.6 Å². The zero-order valence-corrected chi connectivity index (χ0v) is 9.26. The summed E-state index contributed by atoms with van der Waals surface area (Å²) in [5, 5.41) is 8.89. The normalized spacial score (nSPS) is 16.1. The highest BCUT2D eigenvalue weighted by Crippen LogP contribution is 2.23. The van der Waals surface area contributed by atoms with E-state index in [1.54, 1.807) is 0 Å². The van der Waals surface area contributed by atoms with Crippen LogP contribution in [0, 0.1) is 11.3 Å². The molecule has 15 heavy (non-hydrogen) atoms. The van der Waals surface area contributed by atoms with Crippen LogP contribution in [0.5, 0.6) is 0 Å². The van der Waals surface area contributed by atoms with E-state index in [4.69, 9.17) is 11.0 Å². The smallest absolute Gasteiger partial charge is 0.101 e. The Balaban J connectivity index is 2.25. The lowest BCUT2D eigenvalue weighted by atomic mass is 10.1. The van der Waals surface area contributed by atoms with Gasteiger partial charge in [-0.15, -0.1) is 0 Å². The molecule has 0 amide bonds. The molecule has 1 saturated heterocycles. The second-order valence-electron chi connectivity index (χ2n) is 3.48. The fourth-order valence-electron chi connectivity index (χ4n) is 1.66. The lowest BCUT2D eigenvalue weighted by Gasteiger charge is -2.28. The van der Waals surface area contributed by atoms with Crippen molar-refractivity contribution in [1.82, 2.24) is 0 Å². The number of rotatable bonds is 1. The van der Waals surface area contributed by atoms with Crippen molar-refractivity contribution < 1.29 is 0 Å². The molecule has 0 saturated carbocycles. The van der Waals surface area contributed by atoms with Crippen molar-refractivity contribution in [2.45, 2.75) is 0 Å². The first kappa shape index (κ1) is 10.2. The fraction of sp³-hybridized carbons (Fsp3) is 0.364. The topological polar surface area (TPSA) is 53.0 Å². The van der Waals surface area contributed by atoms with Crippen molar-refractivity contribution in [3.05, 3.63) is 23.8 Å². The average Bonchev–Trinajstić information content (AvgIpc) is 2.31. The van der Waals surface area contributed by atoms with E-state index in [1.165, 1.54) is 0 Å². The molecule has 0 atom stereocenters. The molecule has 1 aromatic rings. The first-order valence-corrected chi connectivity index (χ1v) is 6.09. The monoisotopic (exact) mass is 219 g/mol. The molecule has 2 N–H and O–H groups in total. The van der Waals surface area contributed by atoms with Crippen molar-refractivity contribution in [3.8, 4) is 6.07 Å². The Morgan fingerprint density at radius 3 is 2.73 bits per heavy atom. The molecule has 0 aliphatic carbocycles. The zero-order chi connectivity index (χ0) is 10.7. The number of benzene rings is 1. The third-order valence-electron chi connectivity index (χ3n) is 2.53. The number of anilines is 2. The van der Waals surface area contributed by atoms with Gasteiger partial charge in [-0.2, -0.15) is 17.0 Å². The van der Waals surface area contributed by atoms with E-state index >= 15 is 0 Å². The summed E-state index contributed by atoms with van der Waals surface area (Å²) >= 11 is 1.98. The highest BCUT2D eigenvalue weighted by Gasteiger charge is 2.12. The standard InChI is InChI=1S/C11H13N3S/c12-8-9-7-10(1-2-11(9)13)14-3-5-15-6-4-14/h1-2,7H,3-6,13H2. The van der Waals surface area contributed by atoms with Gasteiger partial charge >= 0.3 is 0 Å². The Kier molecular flexibility index (Phi) is 3.02. The molecule has 0 radical (unpaired) electrons. The molecule has 4 heteroatoms. The number of nitrogens with zero attached hydrogens (tertiary/aromatic N) is 2. The quantitative estimate of drug-likeness (QED) is 0.730. The van der Waals surface area contributed by atoms with Crippen LogP contribution in [0.4, 0.5) is 11.4 Å². The number of nitrogen functional groups attached to an aromatic ring is 1. The summed E-state index contributed by atoms with van der Waals surface area (Å²) in [5.41, 5.74) is 7.93. The van der Waals surface area contributed by atoms with Gasteiger partial charge in [-0.25, -0.2) is 0 Å². The van der Waals surface area contributed by atoms with Crippen molar-refractivity contribution >= 4 is 23.1 Å². The minimum Gasteiger partial charge on any atom is -0.398 e. The number of nitrogens with two attached hydrogens (primary N) is 1. The highest BCUT2D eigenvalue weighted by atomic mass is 32.2. The summed E-state index contributed by atoms with van der Waals surface area (Å²) in [5.74, 6) is 2.32. The van der Waals surface area contributed by atoms with Crippen molar-refractivity contribution in [2.75, 3.05) is 35.2 Å². The zero-order valence-electron chi connectivity index (χ0n) is 8.44. The SMILES string of the molecule is N#Cc1cc(N2CCSCC2)ccc1N. The van der Waals surface area contributed by atoms with Gasteiger partial charge in [-0.05, 0) is 18.2 Å². The Morgan fingerprint density at radius 1 is 1.33 bits per heavy atom. The van der Waals surface area contributed by atoms with Gasteiger partial charge in [0.15, 0.2) is 0 Å². The van der Waals surface area contributed by atoms with Gasteiger partial charge in [0.2, 0.25) is 0 Å². The molecule has 1 heterocycles. The molecule has 1 fully saturated rings. The highest BCUT2D eigenvalue weighted by molar-refractivity contribution is 7.99. The average molecular weight is 219 g/mol. The Morgan fingerprint density at radius 2 is 2.07 bits per heavy atom. The minimum atomic E-state index is 0.563. The molecule has 1 aliphatic rings. The predicted octanol–water partition coefficient (Wildman–Crippen LogP) is 1.69. The summed E-state index contributed by atoms with van der Waals surface area (Å²) in [7, 11) is 0. The number of thioether (sulfide) groups is 1. The maximum absolute atomic E-state index is 8.89. The lowest BCUT2D eigenvalue weighted by Crippen LogP contribution is -2.32. The molecular formula is C11H13N3S. The summed E-state index contributed by atoms with van der Waals surface area (Å²) in [6.45, 7) is 2.11. The van der Waals surface area contributed by atoms with E-state index in [0.717, 1.165) is 30.3 Å². The molecular weight excluding hydrogens is 206 g/mol. The summed E-state index contributed by atoms with van der Waals surface area (Å²) < 4.78 is 0. The molecule has 0 bridgehead atoms. The van der Waals surface area contributed by atoms with Gasteiger partial charge in [-0.3, -0.25) is 0 Å². The van der Waals surface area contributed by atoms with Crippen LogP contribution in [0.1, 0.15) is 5.56 Å². The number of hydrogen-bond donors (Lipinski definition) is 1. The lowest BCUT2D eigenvalue weighted by molar-refractivity contribution is 0.859. The van der Waals surface area contributed by atoms with E-state index in [1.807, 2.05) is 30.0 Å². The van der Waals surface area contributed by atoms with Crippen LogP contribution < -0.4 is 10.6 Å². The third kappa shape index (κ3) is 2.18. The number of nitriles is 1. The molecule has 3 nitrogen and oxygen atoms in total. The van der Waals surface area contributed by atoms with E-state index < -0.39 is 0 Å². The van der Waals surface area contributed by atoms with Gasteiger partial charge in [-0.1, -0.05) is 0 Å². The summed E-state index contributed by atoms with van der Waals surface area (Å²) in [4.78, 5) is 2.30. The van der Waals surface area contributed by atoms with Crippen LogP contribution in [0.15, 0.2) is 18.2 Å². The second kappa shape index (κ2) is 4.45. The van der Waals surface area contributed by atoms with E-state index in [9.17, 15) is 0 Å². The van der Waals surface area contributed by atoms with Crippen LogP contribution >= 0.6 is 11.8 Å². The van der Waals surface area contributed by atoms with Crippen LogP contribution in [-0.4, -0.2) is 24.6 Å². The van der Waals surface area contributed by atoms with E-state index in [-0.39, 0.29) is 0 Å².